The molecule has 4 nitrogen and oxygen atoms in total. The van der Waals surface area contributed by atoms with Crippen molar-refractivity contribution in [1.82, 2.24) is 9.13 Å². The Bertz CT molecular complexity index is 6060. The third-order valence-corrected chi connectivity index (χ3v) is 28.2. The Labute approximate surface area is 626 Å². The first-order valence-corrected chi connectivity index (χ1v) is 39.4. The molecule has 0 bridgehead atoms. The molecular formula is C102H76N4Si. The number of para-hydroxylation sites is 4. The van der Waals surface area contributed by atoms with Gasteiger partial charge in [-0.05, 0) is 209 Å². The predicted octanol–water partition coefficient (Wildman–Crippen LogP) is 24.1. The molecule has 18 aromatic rings. The van der Waals surface area contributed by atoms with Gasteiger partial charge in [-0.1, -0.05) is 295 Å². The van der Waals surface area contributed by atoms with Crippen LogP contribution in [0.4, 0.5) is 34.1 Å². The van der Waals surface area contributed by atoms with Crippen LogP contribution in [0.3, 0.4) is 0 Å². The lowest BCUT2D eigenvalue weighted by Crippen LogP contribution is -2.75. The van der Waals surface area contributed by atoms with E-state index in [0.717, 1.165) is 45.5 Å². The smallest absolute Gasteiger partial charge is 0.179 e. The van der Waals surface area contributed by atoms with Crippen LogP contribution < -0.4 is 30.5 Å². The first-order valence-electron chi connectivity index (χ1n) is 37.4. The molecule has 0 spiro atoms. The molecule has 0 aliphatic heterocycles. The Morgan fingerprint density at radius 1 is 0.215 bits per heavy atom. The number of rotatable bonds is 14. The minimum atomic E-state index is -3.15. The summed E-state index contributed by atoms with van der Waals surface area (Å²) in [5, 5.41) is 10.3. The summed E-state index contributed by atoms with van der Waals surface area (Å²) in [4.78, 5) is 4.94. The summed E-state index contributed by atoms with van der Waals surface area (Å²) in [5.41, 5.74) is 28.1. The van der Waals surface area contributed by atoms with E-state index in [1.54, 1.807) is 0 Å². The number of hydrogen-bond donors (Lipinski definition) is 0. The third-order valence-electron chi connectivity index (χ3n) is 23.4. The van der Waals surface area contributed by atoms with Gasteiger partial charge >= 0.3 is 0 Å². The van der Waals surface area contributed by atoms with Gasteiger partial charge in [-0.3, -0.25) is 0 Å². The van der Waals surface area contributed by atoms with Crippen molar-refractivity contribution in [1.29, 1.82) is 0 Å². The maximum Gasteiger partial charge on any atom is 0.179 e. The Morgan fingerprint density at radius 3 is 0.879 bits per heavy atom. The minimum absolute atomic E-state index is 0.371. The van der Waals surface area contributed by atoms with Gasteiger partial charge in [0.1, 0.15) is 0 Å². The molecule has 0 saturated carbocycles. The Balaban J connectivity index is 0.705. The molecule has 0 atom stereocenters. The van der Waals surface area contributed by atoms with E-state index in [-0.39, 0.29) is 10.8 Å². The second-order valence-electron chi connectivity index (χ2n) is 30.0. The molecule has 2 heterocycles. The van der Waals surface area contributed by atoms with Crippen LogP contribution in [-0.4, -0.2) is 17.2 Å². The molecular weight excluding hydrogens is 1310 g/mol. The normalized spacial score (nSPS) is 13.2. The van der Waals surface area contributed by atoms with E-state index in [9.17, 15) is 0 Å². The van der Waals surface area contributed by atoms with Gasteiger partial charge in [0, 0.05) is 77.9 Å². The SMILES string of the molecule is CC1(C)c2cc(N(c3ccc(-c4ccccc4)cc3)c3ccc4c(c3)c3ccccc3n4-c3ccccc3)ccc2-c2ccc([Si](c3ccccc3)(c3ccccc3)c3ccc4c(c3)C(C)(C)c3cc(N(c5ccc(-c6ccccc6)cc5)c5ccc6c(c5)c5ccccc5n6-c5ccccc5)ccc3-4)cc21. The molecule has 20 rings (SSSR count). The molecule has 0 unspecified atom stereocenters. The topological polar surface area (TPSA) is 16.3 Å². The van der Waals surface area contributed by atoms with Crippen LogP contribution in [0.5, 0.6) is 0 Å². The first kappa shape index (κ1) is 63.6. The second-order valence-corrected chi connectivity index (χ2v) is 33.8. The quantitative estimate of drug-likeness (QED) is 0.0797. The van der Waals surface area contributed by atoms with Gasteiger partial charge in [0.2, 0.25) is 0 Å². The third kappa shape index (κ3) is 10.2. The van der Waals surface area contributed by atoms with E-state index in [2.05, 4.69) is 435 Å². The van der Waals surface area contributed by atoms with Crippen molar-refractivity contribution in [3.05, 3.63) is 411 Å². The van der Waals surface area contributed by atoms with Gasteiger partial charge in [0.15, 0.2) is 8.07 Å². The van der Waals surface area contributed by atoms with Crippen LogP contribution in [-0.2, 0) is 10.8 Å². The van der Waals surface area contributed by atoms with Crippen LogP contribution >= 0.6 is 0 Å². The van der Waals surface area contributed by atoms with Crippen molar-refractivity contribution in [3.8, 4) is 55.9 Å². The van der Waals surface area contributed by atoms with Crippen molar-refractivity contribution in [2.75, 3.05) is 9.80 Å². The van der Waals surface area contributed by atoms with Gasteiger partial charge in [-0.2, -0.15) is 0 Å². The molecule has 107 heavy (non-hydrogen) atoms. The Kier molecular flexibility index (Phi) is 14.9. The van der Waals surface area contributed by atoms with Gasteiger partial charge in [0.05, 0.1) is 22.1 Å². The summed E-state index contributed by atoms with van der Waals surface area (Å²) in [5.74, 6) is 0. The van der Waals surface area contributed by atoms with E-state index in [1.807, 2.05) is 0 Å². The largest absolute Gasteiger partial charge is 0.310 e. The van der Waals surface area contributed by atoms with E-state index in [0.29, 0.717) is 0 Å². The number of nitrogens with zero attached hydrogens (tertiary/aromatic N) is 4. The molecule has 0 N–H and O–H groups in total. The molecule has 5 heteroatoms. The maximum atomic E-state index is 2.63. The van der Waals surface area contributed by atoms with E-state index in [1.165, 1.54) is 131 Å². The predicted molar refractivity (Wildman–Crippen MR) is 454 cm³/mol. The van der Waals surface area contributed by atoms with Crippen molar-refractivity contribution < 1.29 is 0 Å². The average Bonchev–Trinajstić information content (AvgIpc) is 1.63. The van der Waals surface area contributed by atoms with Crippen molar-refractivity contribution in [2.45, 2.75) is 38.5 Å². The molecule has 16 aromatic carbocycles. The standard InChI is InChI=1S/C102H76N4Si/c1-101(2)93-65-79(103(75-47-43-71(44-48-75)69-27-11-5-12-28-69)77-53-61-99-91(63-77)89-39-23-25-41-97(89)105(99)73-31-15-7-16-32-73)51-57-85(93)87-59-55-83(67-95(87)101)107(81-35-19-9-20-36-81,82-37-21-10-22-38-82)84-56-60-88-86-58-52-80(66-94(86)102(3,4)96(88)68-84)104(76-49-45-72(46-50-76)70-29-13-6-14-30-70)78-54-62-100-92(64-78)90-40-24-26-42-98(90)106(100)74-33-17-8-18-34-74/h5-68H,1-4H3. The lowest BCUT2D eigenvalue weighted by Gasteiger charge is -2.36. The first-order chi connectivity index (χ1) is 52.6. The van der Waals surface area contributed by atoms with Crippen LogP contribution in [0.2, 0.25) is 0 Å². The number of hydrogen-bond acceptors (Lipinski definition) is 2. The molecule has 0 fully saturated rings. The fourth-order valence-electron chi connectivity index (χ4n) is 18.2. The number of fused-ring (bicyclic) bond motifs is 12. The van der Waals surface area contributed by atoms with Crippen molar-refractivity contribution in [3.63, 3.8) is 0 Å². The average molecular weight is 1390 g/mol. The lowest BCUT2D eigenvalue weighted by molar-refractivity contribution is 0.661. The highest BCUT2D eigenvalue weighted by Crippen LogP contribution is 2.54. The highest BCUT2D eigenvalue weighted by molar-refractivity contribution is 7.20. The summed E-state index contributed by atoms with van der Waals surface area (Å²) in [7, 11) is -3.15. The Hall–Kier alpha value is -13.1. The van der Waals surface area contributed by atoms with Crippen molar-refractivity contribution >= 4 is 107 Å². The maximum absolute atomic E-state index is 3.15. The minimum Gasteiger partial charge on any atom is -0.310 e. The Morgan fingerprint density at radius 2 is 0.495 bits per heavy atom. The molecule has 0 amide bonds. The molecule has 2 aliphatic carbocycles. The summed E-state index contributed by atoms with van der Waals surface area (Å²) in [6.45, 7) is 9.82. The van der Waals surface area contributed by atoms with Crippen LogP contribution in [0, 0.1) is 0 Å². The van der Waals surface area contributed by atoms with Gasteiger partial charge in [-0.15, -0.1) is 0 Å². The van der Waals surface area contributed by atoms with Gasteiger partial charge < -0.3 is 18.9 Å². The summed E-state index contributed by atoms with van der Waals surface area (Å²) in [6, 6.07) is 146. The fraction of sp³-hybridized carbons (Fsp3) is 0.0588. The highest BCUT2D eigenvalue weighted by atomic mass is 28.3. The molecule has 2 aliphatic rings. The molecule has 0 saturated heterocycles. The zero-order chi connectivity index (χ0) is 71.5. The monoisotopic (exact) mass is 1380 g/mol. The highest BCUT2D eigenvalue weighted by Gasteiger charge is 2.46. The van der Waals surface area contributed by atoms with E-state index >= 15 is 0 Å². The van der Waals surface area contributed by atoms with Crippen LogP contribution in [0.25, 0.3) is 99.5 Å². The van der Waals surface area contributed by atoms with Crippen LogP contribution in [0.1, 0.15) is 49.9 Å². The van der Waals surface area contributed by atoms with Crippen LogP contribution in [0.15, 0.2) is 388 Å². The summed E-state index contributed by atoms with van der Waals surface area (Å²) >= 11 is 0. The van der Waals surface area contributed by atoms with Crippen molar-refractivity contribution in [2.24, 2.45) is 0 Å². The van der Waals surface area contributed by atoms with Gasteiger partial charge in [0.25, 0.3) is 0 Å². The van der Waals surface area contributed by atoms with E-state index in [4.69, 9.17) is 0 Å². The second kappa shape index (κ2) is 25.1. The summed E-state index contributed by atoms with van der Waals surface area (Å²) < 4.78 is 4.80. The molecule has 2 aromatic heterocycles. The summed E-state index contributed by atoms with van der Waals surface area (Å²) in [6.07, 6.45) is 0. The zero-order valence-corrected chi connectivity index (χ0v) is 61.2. The number of anilines is 6. The molecule has 508 valence electrons. The molecule has 0 radical (unpaired) electrons. The lowest BCUT2D eigenvalue weighted by atomic mass is 9.82. The van der Waals surface area contributed by atoms with E-state index < -0.39 is 8.07 Å². The number of benzene rings is 16. The number of aromatic nitrogens is 2. The zero-order valence-electron chi connectivity index (χ0n) is 60.2. The van der Waals surface area contributed by atoms with Gasteiger partial charge in [-0.25, -0.2) is 0 Å². The fourth-order valence-corrected chi connectivity index (χ4v) is 23.0.